The maximum absolute atomic E-state index is 6.56. The van der Waals surface area contributed by atoms with Crippen molar-refractivity contribution in [2.45, 2.75) is 26.4 Å². The van der Waals surface area contributed by atoms with Crippen molar-refractivity contribution in [1.82, 2.24) is 15.5 Å². The van der Waals surface area contributed by atoms with E-state index in [0.717, 1.165) is 48.3 Å². The van der Waals surface area contributed by atoms with Crippen molar-refractivity contribution in [3.05, 3.63) is 52.4 Å². The standard InChI is InChI=1S/C21H30ClN5O/c1-15-8-9-20(28-15)16(2)25-21(23-3)24-14-17-18(22)6-5-7-19(17)27-12-10-26(4)11-13-27/h5-9,16H,10-14H2,1-4H3,(H2,23,24,25). The molecule has 1 aromatic carbocycles. The van der Waals surface area contributed by atoms with Crippen molar-refractivity contribution in [2.24, 2.45) is 4.99 Å². The highest BCUT2D eigenvalue weighted by Gasteiger charge is 2.19. The summed E-state index contributed by atoms with van der Waals surface area (Å²) in [5, 5.41) is 7.54. The van der Waals surface area contributed by atoms with Crippen molar-refractivity contribution in [3.8, 4) is 0 Å². The second-order valence-corrected chi connectivity index (χ2v) is 7.68. The Morgan fingerprint density at radius 2 is 1.96 bits per heavy atom. The van der Waals surface area contributed by atoms with Gasteiger partial charge < -0.3 is 24.9 Å². The number of halogens is 1. The van der Waals surface area contributed by atoms with Gasteiger partial charge in [0.05, 0.1) is 6.04 Å². The number of piperazine rings is 1. The Morgan fingerprint density at radius 1 is 1.21 bits per heavy atom. The molecule has 28 heavy (non-hydrogen) atoms. The fourth-order valence-electron chi connectivity index (χ4n) is 3.39. The Morgan fingerprint density at radius 3 is 2.61 bits per heavy atom. The normalized spacial score (nSPS) is 16.9. The molecule has 1 fully saturated rings. The molecule has 0 spiro atoms. The predicted molar refractivity (Wildman–Crippen MR) is 116 cm³/mol. The SMILES string of the molecule is CN=C(NCc1c(Cl)cccc1N1CCN(C)CC1)NC(C)c1ccc(C)o1. The van der Waals surface area contributed by atoms with Gasteiger partial charge in [-0.3, -0.25) is 4.99 Å². The summed E-state index contributed by atoms with van der Waals surface area (Å²) in [6.07, 6.45) is 0. The molecule has 0 aliphatic carbocycles. The zero-order chi connectivity index (χ0) is 20.1. The van der Waals surface area contributed by atoms with E-state index >= 15 is 0 Å². The van der Waals surface area contributed by atoms with Gasteiger partial charge in [0, 0.05) is 56.0 Å². The number of benzene rings is 1. The fourth-order valence-corrected chi connectivity index (χ4v) is 3.63. The van der Waals surface area contributed by atoms with Crippen LogP contribution in [0.3, 0.4) is 0 Å². The number of hydrogen-bond acceptors (Lipinski definition) is 4. The Bertz CT molecular complexity index is 811. The molecule has 2 N–H and O–H groups in total. The second kappa shape index (κ2) is 9.34. The Labute approximate surface area is 172 Å². The molecule has 2 aromatic rings. The number of aryl methyl sites for hydroxylation is 1. The van der Waals surface area contributed by atoms with Crippen LogP contribution in [0.15, 0.2) is 39.7 Å². The van der Waals surface area contributed by atoms with Gasteiger partial charge in [-0.15, -0.1) is 0 Å². The van der Waals surface area contributed by atoms with Gasteiger partial charge in [-0.05, 0) is 45.2 Å². The molecule has 1 aliphatic heterocycles. The fraction of sp³-hybridized carbons (Fsp3) is 0.476. The Hall–Kier alpha value is -2.18. The molecule has 152 valence electrons. The van der Waals surface area contributed by atoms with E-state index in [4.69, 9.17) is 16.0 Å². The van der Waals surface area contributed by atoms with Gasteiger partial charge in [0.1, 0.15) is 11.5 Å². The maximum atomic E-state index is 6.56. The molecule has 0 bridgehead atoms. The minimum atomic E-state index is 0.0169. The lowest BCUT2D eigenvalue weighted by molar-refractivity contribution is 0.312. The van der Waals surface area contributed by atoms with Crippen molar-refractivity contribution in [3.63, 3.8) is 0 Å². The van der Waals surface area contributed by atoms with Crippen LogP contribution in [0.4, 0.5) is 5.69 Å². The molecule has 0 amide bonds. The highest BCUT2D eigenvalue weighted by atomic mass is 35.5. The third-order valence-electron chi connectivity index (χ3n) is 5.14. The third-order valence-corrected chi connectivity index (χ3v) is 5.49. The zero-order valence-corrected chi connectivity index (χ0v) is 17.9. The van der Waals surface area contributed by atoms with Crippen LogP contribution in [-0.4, -0.2) is 51.1 Å². The van der Waals surface area contributed by atoms with E-state index < -0.39 is 0 Å². The van der Waals surface area contributed by atoms with Crippen molar-refractivity contribution in [1.29, 1.82) is 0 Å². The summed E-state index contributed by atoms with van der Waals surface area (Å²) in [4.78, 5) is 9.11. The first-order valence-corrected chi connectivity index (χ1v) is 10.1. The largest absolute Gasteiger partial charge is 0.464 e. The molecule has 7 heteroatoms. The van der Waals surface area contributed by atoms with E-state index in [1.807, 2.05) is 31.2 Å². The topological polar surface area (TPSA) is 56.0 Å². The molecule has 0 saturated carbocycles. The summed E-state index contributed by atoms with van der Waals surface area (Å²) in [7, 11) is 3.93. The molecular formula is C21H30ClN5O. The van der Waals surface area contributed by atoms with Gasteiger partial charge in [0.2, 0.25) is 0 Å². The van der Waals surface area contributed by atoms with Crippen LogP contribution in [-0.2, 0) is 6.54 Å². The van der Waals surface area contributed by atoms with Crippen LogP contribution < -0.4 is 15.5 Å². The van der Waals surface area contributed by atoms with Crippen LogP contribution in [0.25, 0.3) is 0 Å². The summed E-state index contributed by atoms with van der Waals surface area (Å²) in [6, 6.07) is 10.1. The molecular weight excluding hydrogens is 374 g/mol. The molecule has 6 nitrogen and oxygen atoms in total. The lowest BCUT2D eigenvalue weighted by Gasteiger charge is -2.35. The van der Waals surface area contributed by atoms with Gasteiger partial charge in [-0.2, -0.15) is 0 Å². The first-order chi connectivity index (χ1) is 13.5. The van der Waals surface area contributed by atoms with Gasteiger partial charge in [-0.1, -0.05) is 17.7 Å². The number of guanidine groups is 1. The molecule has 3 rings (SSSR count). The predicted octanol–water partition coefficient (Wildman–Crippen LogP) is 3.42. The zero-order valence-electron chi connectivity index (χ0n) is 17.1. The number of anilines is 1. The number of aliphatic imine (C=N–C) groups is 1. The third kappa shape index (κ3) is 5.00. The van der Waals surface area contributed by atoms with E-state index in [2.05, 4.69) is 45.5 Å². The Kier molecular flexibility index (Phi) is 6.86. The number of nitrogens with zero attached hydrogens (tertiary/aromatic N) is 3. The van der Waals surface area contributed by atoms with Gasteiger partial charge >= 0.3 is 0 Å². The van der Waals surface area contributed by atoms with Crippen molar-refractivity contribution in [2.75, 3.05) is 45.2 Å². The van der Waals surface area contributed by atoms with E-state index in [1.54, 1.807) is 7.05 Å². The van der Waals surface area contributed by atoms with Crippen LogP contribution in [0, 0.1) is 6.92 Å². The van der Waals surface area contributed by atoms with E-state index in [0.29, 0.717) is 12.5 Å². The van der Waals surface area contributed by atoms with E-state index in [9.17, 15) is 0 Å². The number of nitrogens with one attached hydrogen (secondary N) is 2. The minimum absolute atomic E-state index is 0.0169. The lowest BCUT2D eigenvalue weighted by Crippen LogP contribution is -2.45. The summed E-state index contributed by atoms with van der Waals surface area (Å²) >= 11 is 6.56. The number of hydrogen-bond donors (Lipinski definition) is 2. The molecule has 0 radical (unpaired) electrons. The number of furan rings is 1. The number of likely N-dealkylation sites (N-methyl/N-ethyl adjacent to an activating group) is 1. The second-order valence-electron chi connectivity index (χ2n) is 7.27. The monoisotopic (exact) mass is 403 g/mol. The molecule has 1 aromatic heterocycles. The first kappa shape index (κ1) is 20.6. The van der Waals surface area contributed by atoms with Gasteiger partial charge in [0.15, 0.2) is 5.96 Å². The quantitative estimate of drug-likeness (QED) is 0.591. The molecule has 1 atom stereocenters. The average molecular weight is 404 g/mol. The van der Waals surface area contributed by atoms with Crippen LogP contribution in [0.1, 0.15) is 30.0 Å². The Balaban J connectivity index is 1.67. The molecule has 1 aliphatic rings. The van der Waals surface area contributed by atoms with Gasteiger partial charge in [0.25, 0.3) is 0 Å². The molecule has 2 heterocycles. The minimum Gasteiger partial charge on any atom is -0.464 e. The van der Waals surface area contributed by atoms with Crippen LogP contribution in [0.2, 0.25) is 5.02 Å². The van der Waals surface area contributed by atoms with Crippen LogP contribution >= 0.6 is 11.6 Å². The number of rotatable bonds is 5. The van der Waals surface area contributed by atoms with Crippen LogP contribution in [0.5, 0.6) is 0 Å². The maximum Gasteiger partial charge on any atom is 0.191 e. The molecule has 1 saturated heterocycles. The average Bonchev–Trinajstić information content (AvgIpc) is 3.13. The van der Waals surface area contributed by atoms with E-state index in [-0.39, 0.29) is 6.04 Å². The summed E-state index contributed by atoms with van der Waals surface area (Å²) < 4.78 is 5.70. The van der Waals surface area contributed by atoms with Crippen molar-refractivity contribution >= 4 is 23.2 Å². The van der Waals surface area contributed by atoms with Crippen molar-refractivity contribution < 1.29 is 4.42 Å². The van der Waals surface area contributed by atoms with Gasteiger partial charge in [-0.25, -0.2) is 0 Å². The van der Waals surface area contributed by atoms with E-state index in [1.165, 1.54) is 5.69 Å². The smallest absolute Gasteiger partial charge is 0.191 e. The highest BCUT2D eigenvalue weighted by Crippen LogP contribution is 2.28. The molecule has 1 unspecified atom stereocenters. The first-order valence-electron chi connectivity index (χ1n) is 9.72. The highest BCUT2D eigenvalue weighted by molar-refractivity contribution is 6.31. The lowest BCUT2D eigenvalue weighted by atomic mass is 10.1. The summed E-state index contributed by atoms with van der Waals surface area (Å²) in [6.45, 7) is 8.73. The summed E-state index contributed by atoms with van der Waals surface area (Å²) in [5.41, 5.74) is 2.29. The summed E-state index contributed by atoms with van der Waals surface area (Å²) in [5.74, 6) is 2.50.